The molecule has 2 unspecified atom stereocenters. The van der Waals surface area contributed by atoms with Gasteiger partial charge in [-0.1, -0.05) is 36.8 Å². The molecular weight excluding hydrogens is 258 g/mol. The van der Waals surface area contributed by atoms with Crippen LogP contribution in [0.5, 0.6) is 0 Å². The number of nitriles is 1. The van der Waals surface area contributed by atoms with Crippen LogP contribution in [-0.4, -0.2) is 19.2 Å². The van der Waals surface area contributed by atoms with E-state index in [0.29, 0.717) is 6.42 Å². The minimum atomic E-state index is -0.303. The van der Waals surface area contributed by atoms with Gasteiger partial charge in [-0.25, -0.2) is 0 Å². The average molecular weight is 275 g/mol. The molecule has 0 heterocycles. The van der Waals surface area contributed by atoms with Crippen LogP contribution in [0.2, 0.25) is 0 Å². The summed E-state index contributed by atoms with van der Waals surface area (Å²) in [6, 6.07) is 10.1. The first-order chi connectivity index (χ1) is 9.51. The standard InChI is InChI=1S/C14H17NO2.CO2/c1-10-4-6-12(7-5-10)13(8-9-15)11(2)14(16)17-3;2-1-3/h4-7,11,13H,8H2,1-3H3;. The summed E-state index contributed by atoms with van der Waals surface area (Å²) in [5, 5.41) is 8.85. The molecule has 0 fully saturated rings. The zero-order valence-electron chi connectivity index (χ0n) is 11.8. The quantitative estimate of drug-likeness (QED) is 0.786. The van der Waals surface area contributed by atoms with Gasteiger partial charge in [0.25, 0.3) is 0 Å². The molecule has 0 aliphatic carbocycles. The van der Waals surface area contributed by atoms with E-state index in [0.717, 1.165) is 11.1 Å². The molecule has 106 valence electrons. The molecule has 1 aromatic rings. The molecule has 0 N–H and O–H groups in total. The number of nitrogens with zero attached hydrogens (tertiary/aromatic N) is 1. The third kappa shape index (κ3) is 5.47. The lowest BCUT2D eigenvalue weighted by Crippen LogP contribution is -2.20. The summed E-state index contributed by atoms with van der Waals surface area (Å²) in [4.78, 5) is 27.8. The molecule has 0 aromatic heterocycles. The summed E-state index contributed by atoms with van der Waals surface area (Å²) >= 11 is 0. The third-order valence-electron chi connectivity index (χ3n) is 2.99. The second-order valence-corrected chi connectivity index (χ2v) is 4.27. The van der Waals surface area contributed by atoms with Crippen LogP contribution in [0.3, 0.4) is 0 Å². The van der Waals surface area contributed by atoms with Gasteiger partial charge < -0.3 is 4.74 Å². The summed E-state index contributed by atoms with van der Waals surface area (Å²) < 4.78 is 4.74. The van der Waals surface area contributed by atoms with Crippen LogP contribution in [0, 0.1) is 24.2 Å². The van der Waals surface area contributed by atoms with Crippen molar-refractivity contribution in [2.75, 3.05) is 7.11 Å². The molecule has 0 radical (unpaired) electrons. The van der Waals surface area contributed by atoms with Crippen LogP contribution >= 0.6 is 0 Å². The van der Waals surface area contributed by atoms with E-state index in [4.69, 9.17) is 19.6 Å². The normalized spacial score (nSPS) is 11.9. The summed E-state index contributed by atoms with van der Waals surface area (Å²) in [5.74, 6) is -0.679. The summed E-state index contributed by atoms with van der Waals surface area (Å²) in [6.07, 6.45) is 0.569. The molecule has 5 heteroatoms. The van der Waals surface area contributed by atoms with Crippen molar-refractivity contribution < 1.29 is 19.1 Å². The van der Waals surface area contributed by atoms with Crippen molar-refractivity contribution >= 4 is 12.1 Å². The van der Waals surface area contributed by atoms with E-state index in [1.165, 1.54) is 7.11 Å². The Morgan fingerprint density at radius 1 is 1.30 bits per heavy atom. The van der Waals surface area contributed by atoms with Gasteiger partial charge in [0.05, 0.1) is 19.1 Å². The van der Waals surface area contributed by atoms with Gasteiger partial charge >= 0.3 is 12.1 Å². The minimum Gasteiger partial charge on any atom is -0.469 e. The highest BCUT2D eigenvalue weighted by atomic mass is 16.5. The highest BCUT2D eigenvalue weighted by Gasteiger charge is 2.25. The molecule has 5 nitrogen and oxygen atoms in total. The number of benzene rings is 1. The smallest absolute Gasteiger partial charge is 0.373 e. The summed E-state index contributed by atoms with van der Waals surface area (Å²) in [7, 11) is 1.37. The van der Waals surface area contributed by atoms with Crippen molar-refractivity contribution in [3.63, 3.8) is 0 Å². The molecular formula is C15H17NO4. The Hall–Kier alpha value is -2.44. The monoisotopic (exact) mass is 275 g/mol. The maximum atomic E-state index is 11.5. The number of aryl methyl sites for hydroxylation is 1. The fourth-order valence-corrected chi connectivity index (χ4v) is 1.85. The molecule has 2 atom stereocenters. The number of rotatable bonds is 4. The number of methoxy groups -OCH3 is 1. The number of ether oxygens (including phenoxy) is 1. The zero-order valence-corrected chi connectivity index (χ0v) is 11.8. The average Bonchev–Trinajstić information content (AvgIpc) is 2.45. The second-order valence-electron chi connectivity index (χ2n) is 4.27. The molecule has 0 saturated carbocycles. The van der Waals surface area contributed by atoms with E-state index in [1.807, 2.05) is 31.2 Å². The molecule has 1 rings (SSSR count). The highest BCUT2D eigenvalue weighted by molar-refractivity contribution is 5.73. The van der Waals surface area contributed by atoms with Crippen molar-refractivity contribution in [1.29, 1.82) is 5.26 Å². The van der Waals surface area contributed by atoms with Crippen molar-refractivity contribution in [1.82, 2.24) is 0 Å². The number of carbonyl (C=O) groups is 1. The van der Waals surface area contributed by atoms with Gasteiger partial charge in [0, 0.05) is 12.3 Å². The van der Waals surface area contributed by atoms with E-state index in [1.54, 1.807) is 6.92 Å². The first-order valence-electron chi connectivity index (χ1n) is 6.02. The molecule has 0 spiro atoms. The topological polar surface area (TPSA) is 84.2 Å². The Bertz CT molecular complexity index is 496. The minimum absolute atomic E-state index is 0.104. The first-order valence-corrected chi connectivity index (χ1v) is 6.02. The molecule has 1 aromatic carbocycles. The van der Waals surface area contributed by atoms with Crippen molar-refractivity contribution in [3.8, 4) is 6.07 Å². The maximum Gasteiger partial charge on any atom is 0.373 e. The van der Waals surface area contributed by atoms with Crippen molar-refractivity contribution in [3.05, 3.63) is 35.4 Å². The van der Waals surface area contributed by atoms with Crippen LogP contribution in [0.1, 0.15) is 30.4 Å². The van der Waals surface area contributed by atoms with Gasteiger partial charge in [-0.15, -0.1) is 0 Å². The Morgan fingerprint density at radius 2 is 1.80 bits per heavy atom. The Kier molecular flexibility index (Phi) is 8.33. The fourth-order valence-electron chi connectivity index (χ4n) is 1.85. The van der Waals surface area contributed by atoms with E-state index < -0.39 is 0 Å². The van der Waals surface area contributed by atoms with Crippen LogP contribution in [0.25, 0.3) is 0 Å². The Labute approximate surface area is 118 Å². The summed E-state index contributed by atoms with van der Waals surface area (Å²) in [5.41, 5.74) is 2.17. The van der Waals surface area contributed by atoms with Crippen LogP contribution in [0.15, 0.2) is 24.3 Å². The largest absolute Gasteiger partial charge is 0.469 e. The lowest BCUT2D eigenvalue weighted by Gasteiger charge is -2.20. The number of hydrogen-bond acceptors (Lipinski definition) is 5. The van der Waals surface area contributed by atoms with Gasteiger partial charge in [0.1, 0.15) is 0 Å². The van der Waals surface area contributed by atoms with E-state index in [9.17, 15) is 4.79 Å². The molecule has 0 aliphatic heterocycles. The number of carbonyl (C=O) groups excluding carboxylic acids is 3. The third-order valence-corrected chi connectivity index (χ3v) is 2.99. The van der Waals surface area contributed by atoms with Crippen molar-refractivity contribution in [2.45, 2.75) is 26.2 Å². The predicted octanol–water partition coefficient (Wildman–Crippen LogP) is 2.22. The van der Waals surface area contributed by atoms with Gasteiger partial charge in [0.15, 0.2) is 0 Å². The SMILES string of the molecule is COC(=O)C(C)C(CC#N)c1ccc(C)cc1.O=C=O. The summed E-state index contributed by atoms with van der Waals surface area (Å²) in [6.45, 7) is 3.81. The van der Waals surface area contributed by atoms with Gasteiger partial charge in [-0.3, -0.25) is 4.79 Å². The molecule has 0 saturated heterocycles. The maximum absolute atomic E-state index is 11.5. The van der Waals surface area contributed by atoms with E-state index >= 15 is 0 Å². The fraction of sp³-hybridized carbons (Fsp3) is 0.400. The van der Waals surface area contributed by atoms with Crippen LogP contribution in [0.4, 0.5) is 0 Å². The van der Waals surface area contributed by atoms with E-state index in [-0.39, 0.29) is 24.0 Å². The Morgan fingerprint density at radius 3 is 2.20 bits per heavy atom. The lowest BCUT2D eigenvalue weighted by atomic mass is 9.85. The lowest BCUT2D eigenvalue weighted by molar-refractivity contribution is -0.191. The predicted molar refractivity (Wildman–Crippen MR) is 70.3 cm³/mol. The molecule has 0 amide bonds. The molecule has 20 heavy (non-hydrogen) atoms. The number of hydrogen-bond donors (Lipinski definition) is 0. The highest BCUT2D eigenvalue weighted by Crippen LogP contribution is 2.28. The van der Waals surface area contributed by atoms with Gasteiger partial charge in [-0.05, 0) is 12.5 Å². The Balaban J connectivity index is 0.00000110. The van der Waals surface area contributed by atoms with Crippen molar-refractivity contribution in [2.24, 2.45) is 5.92 Å². The zero-order chi connectivity index (χ0) is 15.5. The molecule has 0 bridgehead atoms. The van der Waals surface area contributed by atoms with Gasteiger partial charge in [-0.2, -0.15) is 14.9 Å². The van der Waals surface area contributed by atoms with Crippen LogP contribution in [-0.2, 0) is 19.1 Å². The van der Waals surface area contributed by atoms with Crippen LogP contribution < -0.4 is 0 Å². The second kappa shape index (κ2) is 9.48. The van der Waals surface area contributed by atoms with Gasteiger partial charge in [0.2, 0.25) is 0 Å². The first kappa shape index (κ1) is 17.6. The van der Waals surface area contributed by atoms with E-state index in [2.05, 4.69) is 6.07 Å². The number of esters is 1. The molecule has 0 aliphatic rings.